The second kappa shape index (κ2) is 12.7. The molecule has 0 aliphatic heterocycles. The van der Waals surface area contributed by atoms with Crippen molar-refractivity contribution >= 4 is 23.9 Å². The lowest BCUT2D eigenvalue weighted by molar-refractivity contribution is -0.140. The van der Waals surface area contributed by atoms with Crippen LogP contribution in [0.3, 0.4) is 0 Å². The summed E-state index contributed by atoms with van der Waals surface area (Å²) in [4.78, 5) is 29.8. The SMILES string of the molecule is N=C(N)NCCC[C@H](N)C(=O)O.O=C(O)CCCC(=O)O. The minimum Gasteiger partial charge on any atom is -0.481 e. The van der Waals surface area contributed by atoms with E-state index in [1.54, 1.807) is 0 Å². The van der Waals surface area contributed by atoms with Gasteiger partial charge in [0, 0.05) is 19.4 Å². The molecule has 0 aromatic heterocycles. The molecule has 0 aromatic rings. The molecule has 0 aliphatic carbocycles. The summed E-state index contributed by atoms with van der Waals surface area (Å²) in [6.07, 6.45) is 1.06. The molecule has 0 radical (unpaired) electrons. The fourth-order valence-electron chi connectivity index (χ4n) is 1.06. The third-order valence-corrected chi connectivity index (χ3v) is 2.11. The number of rotatable bonds is 9. The summed E-state index contributed by atoms with van der Waals surface area (Å²) < 4.78 is 0. The summed E-state index contributed by atoms with van der Waals surface area (Å²) in [5.41, 5.74) is 10.2. The first-order valence-electron chi connectivity index (χ1n) is 6.16. The first-order chi connectivity index (χ1) is 9.66. The highest BCUT2D eigenvalue weighted by atomic mass is 16.4. The van der Waals surface area contributed by atoms with Crippen molar-refractivity contribution < 1.29 is 29.7 Å². The van der Waals surface area contributed by atoms with Crippen molar-refractivity contribution in [3.8, 4) is 0 Å². The van der Waals surface area contributed by atoms with Gasteiger partial charge < -0.3 is 32.1 Å². The van der Waals surface area contributed by atoms with Crippen molar-refractivity contribution in [3.63, 3.8) is 0 Å². The van der Waals surface area contributed by atoms with Crippen LogP contribution in [0.2, 0.25) is 0 Å². The number of carbonyl (C=O) groups is 3. The van der Waals surface area contributed by atoms with Gasteiger partial charge in [-0.1, -0.05) is 0 Å². The number of carboxylic acid groups (broad SMARTS) is 3. The molecular formula is C11H22N4O6. The Labute approximate surface area is 121 Å². The Morgan fingerprint density at radius 3 is 1.86 bits per heavy atom. The molecule has 9 N–H and O–H groups in total. The van der Waals surface area contributed by atoms with Crippen molar-refractivity contribution in [3.05, 3.63) is 0 Å². The van der Waals surface area contributed by atoms with Crippen LogP contribution in [0.25, 0.3) is 0 Å². The smallest absolute Gasteiger partial charge is 0.320 e. The van der Waals surface area contributed by atoms with Crippen molar-refractivity contribution in [1.29, 1.82) is 5.41 Å². The lowest BCUT2D eigenvalue weighted by Gasteiger charge is -2.06. The van der Waals surface area contributed by atoms with Crippen molar-refractivity contribution in [2.45, 2.75) is 38.1 Å². The average Bonchev–Trinajstić information content (AvgIpc) is 2.33. The molecule has 0 heterocycles. The van der Waals surface area contributed by atoms with Gasteiger partial charge in [-0.05, 0) is 19.3 Å². The Balaban J connectivity index is 0. The fraction of sp³-hybridized carbons (Fsp3) is 0.636. The molecule has 10 nitrogen and oxygen atoms in total. The number of hydrogen-bond donors (Lipinski definition) is 7. The Bertz CT molecular complexity index is 347. The normalized spacial score (nSPS) is 10.7. The van der Waals surface area contributed by atoms with Crippen molar-refractivity contribution in [1.82, 2.24) is 5.32 Å². The molecule has 0 fully saturated rings. The minimum absolute atomic E-state index is 0.0632. The highest BCUT2D eigenvalue weighted by molar-refractivity contribution is 5.74. The van der Waals surface area contributed by atoms with E-state index in [4.69, 9.17) is 32.2 Å². The van der Waals surface area contributed by atoms with Crippen LogP contribution < -0.4 is 16.8 Å². The van der Waals surface area contributed by atoms with E-state index in [1.807, 2.05) is 0 Å². The monoisotopic (exact) mass is 306 g/mol. The quantitative estimate of drug-likeness (QED) is 0.158. The summed E-state index contributed by atoms with van der Waals surface area (Å²) >= 11 is 0. The standard InChI is InChI=1S/C6H14N4O2.C5H8O4/c7-4(5(11)12)2-1-3-10-6(8)9;6-4(7)2-1-3-5(8)9/h4H,1-3,7H2,(H,11,12)(H4,8,9,10);1-3H2,(H,6,7)(H,8,9)/t4-;/m0./s1. The molecule has 0 spiro atoms. The predicted molar refractivity (Wildman–Crippen MR) is 73.9 cm³/mol. The molecule has 122 valence electrons. The van der Waals surface area contributed by atoms with Crippen LogP contribution in [-0.4, -0.2) is 51.8 Å². The Hall–Kier alpha value is -2.36. The number of nitrogens with two attached hydrogens (primary N) is 2. The fourth-order valence-corrected chi connectivity index (χ4v) is 1.06. The zero-order chi connectivity index (χ0) is 16.8. The van der Waals surface area contributed by atoms with E-state index in [1.165, 1.54) is 0 Å². The third kappa shape index (κ3) is 20.1. The number of aliphatic carboxylic acids is 3. The van der Waals surface area contributed by atoms with E-state index in [-0.39, 0.29) is 25.2 Å². The van der Waals surface area contributed by atoms with Crippen LogP contribution in [0.15, 0.2) is 0 Å². The van der Waals surface area contributed by atoms with Crippen LogP contribution in [0.5, 0.6) is 0 Å². The van der Waals surface area contributed by atoms with Gasteiger partial charge in [-0.15, -0.1) is 0 Å². The topological polar surface area (TPSA) is 200 Å². The molecule has 0 rings (SSSR count). The van der Waals surface area contributed by atoms with Gasteiger partial charge >= 0.3 is 17.9 Å². The van der Waals surface area contributed by atoms with Gasteiger partial charge in [-0.3, -0.25) is 19.8 Å². The Kier molecular flexibility index (Phi) is 12.6. The van der Waals surface area contributed by atoms with Crippen LogP contribution in [0, 0.1) is 5.41 Å². The van der Waals surface area contributed by atoms with Gasteiger partial charge in [0.25, 0.3) is 0 Å². The van der Waals surface area contributed by atoms with E-state index in [2.05, 4.69) is 5.32 Å². The van der Waals surface area contributed by atoms with Crippen molar-refractivity contribution in [2.75, 3.05) is 6.54 Å². The summed E-state index contributed by atoms with van der Waals surface area (Å²) in [6, 6.07) is -0.821. The summed E-state index contributed by atoms with van der Waals surface area (Å²) in [5, 5.41) is 33.8. The van der Waals surface area contributed by atoms with Crippen LogP contribution in [-0.2, 0) is 14.4 Å². The Morgan fingerprint density at radius 2 is 1.52 bits per heavy atom. The number of hydrogen-bond acceptors (Lipinski definition) is 5. The maximum Gasteiger partial charge on any atom is 0.320 e. The molecule has 0 unspecified atom stereocenters. The molecule has 0 aliphatic rings. The summed E-state index contributed by atoms with van der Waals surface area (Å²) in [6.45, 7) is 0.482. The number of nitrogens with one attached hydrogen (secondary N) is 2. The molecule has 0 saturated carbocycles. The summed E-state index contributed by atoms with van der Waals surface area (Å²) in [7, 11) is 0. The lowest BCUT2D eigenvalue weighted by Crippen LogP contribution is -2.34. The van der Waals surface area contributed by atoms with Crippen LogP contribution in [0.4, 0.5) is 0 Å². The Morgan fingerprint density at radius 1 is 1.05 bits per heavy atom. The van der Waals surface area contributed by atoms with E-state index >= 15 is 0 Å². The van der Waals surface area contributed by atoms with E-state index in [9.17, 15) is 14.4 Å². The third-order valence-electron chi connectivity index (χ3n) is 2.11. The molecule has 0 amide bonds. The largest absolute Gasteiger partial charge is 0.481 e. The maximum absolute atomic E-state index is 10.2. The maximum atomic E-state index is 10.2. The summed E-state index contributed by atoms with van der Waals surface area (Å²) in [5.74, 6) is -3.01. The molecule has 0 aromatic carbocycles. The van der Waals surface area contributed by atoms with Gasteiger partial charge in [-0.25, -0.2) is 0 Å². The number of guanidine groups is 1. The van der Waals surface area contributed by atoms with Crippen molar-refractivity contribution in [2.24, 2.45) is 11.5 Å². The van der Waals surface area contributed by atoms with Gasteiger partial charge in [0.05, 0.1) is 0 Å². The van der Waals surface area contributed by atoms with E-state index in [0.29, 0.717) is 19.4 Å². The molecular weight excluding hydrogens is 284 g/mol. The first kappa shape index (κ1) is 20.9. The second-order valence-electron chi connectivity index (χ2n) is 4.07. The van der Waals surface area contributed by atoms with Gasteiger partial charge in [0.2, 0.25) is 0 Å². The van der Waals surface area contributed by atoms with E-state index in [0.717, 1.165) is 0 Å². The molecule has 1 atom stereocenters. The zero-order valence-electron chi connectivity index (χ0n) is 11.5. The van der Waals surface area contributed by atoms with Gasteiger partial charge in [0.15, 0.2) is 5.96 Å². The predicted octanol–water partition coefficient (Wildman–Crippen LogP) is -1.01. The highest BCUT2D eigenvalue weighted by Crippen LogP contribution is 1.93. The van der Waals surface area contributed by atoms with Gasteiger partial charge in [0.1, 0.15) is 6.04 Å². The molecule has 0 bridgehead atoms. The number of carboxylic acids is 3. The molecule has 21 heavy (non-hydrogen) atoms. The average molecular weight is 306 g/mol. The van der Waals surface area contributed by atoms with Crippen LogP contribution >= 0.6 is 0 Å². The van der Waals surface area contributed by atoms with Gasteiger partial charge in [-0.2, -0.15) is 0 Å². The second-order valence-corrected chi connectivity index (χ2v) is 4.07. The lowest BCUT2D eigenvalue weighted by atomic mass is 10.2. The highest BCUT2D eigenvalue weighted by Gasteiger charge is 2.09. The minimum atomic E-state index is -1.00. The van der Waals surface area contributed by atoms with Crippen LogP contribution in [0.1, 0.15) is 32.1 Å². The molecule has 10 heteroatoms. The first-order valence-corrected chi connectivity index (χ1v) is 6.16. The zero-order valence-corrected chi connectivity index (χ0v) is 11.5. The van der Waals surface area contributed by atoms with E-state index < -0.39 is 23.9 Å². The molecule has 0 saturated heterocycles.